The van der Waals surface area contributed by atoms with Gasteiger partial charge in [-0.25, -0.2) is 9.59 Å². The number of aliphatic carboxylic acids is 1. The van der Waals surface area contributed by atoms with E-state index in [1.165, 1.54) is 11.1 Å². The van der Waals surface area contributed by atoms with Crippen LogP contribution in [0.3, 0.4) is 0 Å². The molecule has 1 aromatic carbocycles. The van der Waals surface area contributed by atoms with Crippen molar-refractivity contribution in [2.24, 2.45) is 5.92 Å². The highest BCUT2D eigenvalue weighted by atomic mass is 16.4. The van der Waals surface area contributed by atoms with E-state index in [-0.39, 0.29) is 16.7 Å². The molecular formula is C27H32O3. The second-order valence-electron chi connectivity index (χ2n) is 10.1. The molecule has 0 atom stereocenters. The molecule has 2 aliphatic carbocycles. The Morgan fingerprint density at radius 3 is 2.17 bits per heavy atom. The van der Waals surface area contributed by atoms with Crippen LogP contribution in [-0.2, 0) is 20.4 Å². The second kappa shape index (κ2) is 7.89. The lowest BCUT2D eigenvalue weighted by Gasteiger charge is -2.42. The Balaban J connectivity index is 2.28. The molecule has 0 aliphatic heterocycles. The number of benzene rings is 1. The van der Waals surface area contributed by atoms with E-state index in [1.54, 1.807) is 6.08 Å². The zero-order valence-electron chi connectivity index (χ0n) is 18.9. The lowest BCUT2D eigenvalue weighted by molar-refractivity contribution is -0.133. The molecule has 0 aromatic heterocycles. The van der Waals surface area contributed by atoms with Crippen LogP contribution < -0.4 is 0 Å². The Morgan fingerprint density at radius 1 is 1.03 bits per heavy atom. The number of fused-ring (bicyclic) bond motifs is 1. The first-order valence-electron chi connectivity index (χ1n) is 10.7. The molecule has 0 amide bonds. The van der Waals surface area contributed by atoms with Crippen molar-refractivity contribution in [1.29, 1.82) is 0 Å². The quantitative estimate of drug-likeness (QED) is 0.482. The molecule has 0 heterocycles. The smallest absolute Gasteiger partial charge is 0.332 e. The third-order valence-electron chi connectivity index (χ3n) is 6.64. The monoisotopic (exact) mass is 404 g/mol. The molecule has 0 spiro atoms. The summed E-state index contributed by atoms with van der Waals surface area (Å²) in [5.74, 6) is 0.899. The highest BCUT2D eigenvalue weighted by molar-refractivity contribution is 6.02. The van der Waals surface area contributed by atoms with Gasteiger partial charge in [-0.1, -0.05) is 71.9 Å². The van der Waals surface area contributed by atoms with Crippen LogP contribution in [0.5, 0.6) is 0 Å². The number of hydrogen-bond donors (Lipinski definition) is 1. The van der Waals surface area contributed by atoms with E-state index >= 15 is 0 Å². The molecule has 0 saturated carbocycles. The first-order chi connectivity index (χ1) is 14.0. The van der Waals surface area contributed by atoms with E-state index in [2.05, 4.69) is 45.9 Å². The minimum Gasteiger partial charge on any atom is -0.478 e. The third-order valence-corrected chi connectivity index (χ3v) is 6.64. The van der Waals surface area contributed by atoms with E-state index in [0.717, 1.165) is 29.6 Å². The molecule has 0 bridgehead atoms. The van der Waals surface area contributed by atoms with E-state index in [1.807, 2.05) is 31.9 Å². The van der Waals surface area contributed by atoms with Crippen LogP contribution >= 0.6 is 0 Å². The average molecular weight is 405 g/mol. The van der Waals surface area contributed by atoms with Gasteiger partial charge >= 0.3 is 5.97 Å². The molecule has 30 heavy (non-hydrogen) atoms. The first-order valence-corrected chi connectivity index (χ1v) is 10.7. The van der Waals surface area contributed by atoms with E-state index in [4.69, 9.17) is 0 Å². The summed E-state index contributed by atoms with van der Waals surface area (Å²) in [5.41, 5.74) is 6.31. The van der Waals surface area contributed by atoms with Gasteiger partial charge in [-0.3, -0.25) is 0 Å². The minimum absolute atomic E-state index is 0.0391. The Morgan fingerprint density at radius 2 is 1.67 bits per heavy atom. The number of hydrogen-bond acceptors (Lipinski definition) is 2. The van der Waals surface area contributed by atoms with E-state index in [0.29, 0.717) is 17.6 Å². The van der Waals surface area contributed by atoms with Gasteiger partial charge in [0, 0.05) is 17.6 Å². The van der Waals surface area contributed by atoms with Gasteiger partial charge < -0.3 is 5.11 Å². The summed E-state index contributed by atoms with van der Waals surface area (Å²) in [6, 6.07) is 6.47. The molecule has 3 rings (SSSR count). The third kappa shape index (κ3) is 4.00. The number of carboxylic acid groups (broad SMARTS) is 1. The van der Waals surface area contributed by atoms with E-state index in [9.17, 15) is 14.7 Å². The predicted molar refractivity (Wildman–Crippen MR) is 122 cm³/mol. The molecule has 1 N–H and O–H groups in total. The summed E-state index contributed by atoms with van der Waals surface area (Å²) >= 11 is 0. The van der Waals surface area contributed by atoms with Crippen LogP contribution in [0.1, 0.15) is 77.5 Å². The Kier molecular flexibility index (Phi) is 5.80. The number of allylic oxidation sites excluding steroid dienone is 6. The molecule has 0 saturated heterocycles. The van der Waals surface area contributed by atoms with Crippen molar-refractivity contribution in [3.05, 3.63) is 69.8 Å². The number of carbonyl (C=O) groups is 1. The predicted octanol–water partition coefficient (Wildman–Crippen LogP) is 6.17. The Labute approximate surface area is 179 Å². The van der Waals surface area contributed by atoms with Crippen molar-refractivity contribution in [1.82, 2.24) is 0 Å². The molecule has 0 unspecified atom stereocenters. The molecule has 0 radical (unpaired) electrons. The molecule has 0 fully saturated rings. The largest absolute Gasteiger partial charge is 0.478 e. The summed E-state index contributed by atoms with van der Waals surface area (Å²) in [4.78, 5) is 23.3. The molecule has 1 aromatic rings. The van der Waals surface area contributed by atoms with Gasteiger partial charge in [-0.15, -0.1) is 0 Å². The van der Waals surface area contributed by atoms with Gasteiger partial charge in [0.25, 0.3) is 0 Å². The zero-order valence-corrected chi connectivity index (χ0v) is 18.9. The first kappa shape index (κ1) is 22.1. The average Bonchev–Trinajstić information content (AvgIpc) is 2.69. The van der Waals surface area contributed by atoms with Crippen molar-refractivity contribution < 1.29 is 14.7 Å². The van der Waals surface area contributed by atoms with Crippen LogP contribution in [0.2, 0.25) is 0 Å². The summed E-state index contributed by atoms with van der Waals surface area (Å²) in [7, 11) is 0. The molecule has 3 nitrogen and oxygen atoms in total. The van der Waals surface area contributed by atoms with Crippen LogP contribution in [-0.4, -0.2) is 17.0 Å². The molecule has 3 heteroatoms. The highest BCUT2D eigenvalue weighted by Crippen LogP contribution is 2.47. The lowest BCUT2D eigenvalue weighted by atomic mass is 9.62. The van der Waals surface area contributed by atoms with Crippen molar-refractivity contribution in [3.63, 3.8) is 0 Å². The van der Waals surface area contributed by atoms with Gasteiger partial charge in [0.15, 0.2) is 0 Å². The number of rotatable bonds is 4. The van der Waals surface area contributed by atoms with Crippen molar-refractivity contribution in [3.8, 4) is 0 Å². The van der Waals surface area contributed by atoms with Crippen LogP contribution in [0, 0.1) is 5.92 Å². The van der Waals surface area contributed by atoms with Crippen LogP contribution in [0.25, 0.3) is 5.57 Å². The maximum Gasteiger partial charge on any atom is 0.332 e. The van der Waals surface area contributed by atoms with Crippen molar-refractivity contribution in [2.75, 3.05) is 0 Å². The summed E-state index contributed by atoms with van der Waals surface area (Å²) in [5, 5.41) is 10.1. The normalized spacial score (nSPS) is 20.2. The molecule has 158 valence electrons. The minimum atomic E-state index is -0.900. The van der Waals surface area contributed by atoms with Gasteiger partial charge in [0.2, 0.25) is 0 Å². The standard InChI is InChI=1S/C27H32O3/c1-17(2)23(25(29)30)24(19-9-7-18(16-28)8-10-19)20-11-12-21-22(15-20)27(5,6)14-13-26(21,3)4/h7,9-12,15,17H,8,13-14H2,1-6H3,(H,29,30). The fourth-order valence-corrected chi connectivity index (χ4v) is 4.67. The Bertz CT molecular complexity index is 1020. The summed E-state index contributed by atoms with van der Waals surface area (Å²) in [6.07, 6.45) is 8.23. The zero-order chi connectivity index (χ0) is 22.3. The number of carbonyl (C=O) groups excluding carboxylic acids is 1. The van der Waals surface area contributed by atoms with Gasteiger partial charge in [-0.2, -0.15) is 0 Å². The van der Waals surface area contributed by atoms with Crippen molar-refractivity contribution in [2.45, 2.75) is 71.6 Å². The van der Waals surface area contributed by atoms with Crippen molar-refractivity contribution >= 4 is 17.5 Å². The second-order valence-corrected chi connectivity index (χ2v) is 10.1. The number of carboxylic acids is 1. The maximum atomic E-state index is 12.3. The fraction of sp³-hybridized carbons (Fsp3) is 0.444. The summed E-state index contributed by atoms with van der Waals surface area (Å²) in [6.45, 7) is 12.9. The molecular weight excluding hydrogens is 372 g/mol. The summed E-state index contributed by atoms with van der Waals surface area (Å²) < 4.78 is 0. The topological polar surface area (TPSA) is 54.4 Å². The van der Waals surface area contributed by atoms with E-state index < -0.39 is 5.97 Å². The highest BCUT2D eigenvalue weighted by Gasteiger charge is 2.37. The Hall–Kier alpha value is -2.64. The van der Waals surface area contributed by atoms with Gasteiger partial charge in [0.05, 0.1) is 0 Å². The van der Waals surface area contributed by atoms with Crippen LogP contribution in [0.4, 0.5) is 0 Å². The maximum absolute atomic E-state index is 12.3. The lowest BCUT2D eigenvalue weighted by Crippen LogP contribution is -2.33. The van der Waals surface area contributed by atoms with Gasteiger partial charge in [0.1, 0.15) is 5.94 Å². The fourth-order valence-electron chi connectivity index (χ4n) is 4.67. The SMILES string of the molecule is CC(C)C(C(=O)O)=C(C1=CCC(=C=O)C=C1)c1ccc2c(c1)C(C)(C)CCC2(C)C. The van der Waals surface area contributed by atoms with Gasteiger partial charge in [-0.05, 0) is 63.5 Å². The molecule has 2 aliphatic rings. The van der Waals surface area contributed by atoms with Crippen LogP contribution in [0.15, 0.2) is 53.1 Å².